The molecule has 8 aliphatic rings. The van der Waals surface area contributed by atoms with Gasteiger partial charge in [-0.2, -0.15) is 0 Å². The van der Waals surface area contributed by atoms with Gasteiger partial charge in [0.1, 0.15) is 67.1 Å². The molecule has 13 N–H and O–H groups in total. The van der Waals surface area contributed by atoms with E-state index in [4.69, 9.17) is 28.4 Å². The molecule has 3 heterocycles. The van der Waals surface area contributed by atoms with Crippen LogP contribution in [-0.2, 0) is 28.4 Å². The number of hydrogen-bond acceptors (Lipinski definition) is 19. The maximum Gasteiger partial charge on any atom is 0.187 e. The Morgan fingerprint density at radius 1 is 0.662 bits per heavy atom. The summed E-state index contributed by atoms with van der Waals surface area (Å²) in [6, 6.07) is 0. The van der Waals surface area contributed by atoms with Crippen molar-refractivity contribution in [1.29, 1.82) is 0 Å². The Kier molecular flexibility index (Phi) is 15.0. The van der Waals surface area contributed by atoms with Gasteiger partial charge in [0.25, 0.3) is 0 Å². The van der Waals surface area contributed by atoms with E-state index in [-0.39, 0.29) is 47.9 Å². The van der Waals surface area contributed by atoms with Gasteiger partial charge in [0.05, 0.1) is 44.7 Å². The van der Waals surface area contributed by atoms with Crippen LogP contribution in [0, 0.1) is 44.3 Å². The number of ether oxygens (including phenoxy) is 6. The summed E-state index contributed by atoms with van der Waals surface area (Å²) >= 11 is 0. The molecule has 390 valence electrons. The van der Waals surface area contributed by atoms with Crippen LogP contribution in [0.5, 0.6) is 0 Å². The zero-order valence-corrected chi connectivity index (χ0v) is 40.3. The number of aliphatic hydroxyl groups is 13. The van der Waals surface area contributed by atoms with Crippen LogP contribution in [0.25, 0.3) is 0 Å². The topological polar surface area (TPSA) is 318 Å². The Hall–Kier alpha value is -1.28. The summed E-state index contributed by atoms with van der Waals surface area (Å²) in [7, 11) is 0. The number of rotatable bonds is 12. The quantitative estimate of drug-likeness (QED) is 0.103. The first kappa shape index (κ1) is 53.0. The van der Waals surface area contributed by atoms with Crippen LogP contribution in [0.3, 0.4) is 0 Å². The van der Waals surface area contributed by atoms with Crippen molar-refractivity contribution in [2.24, 2.45) is 44.3 Å². The third-order valence-electron chi connectivity index (χ3n) is 19.5. The SMILES string of the molecule is C[C@@H]1O[C@@H](O[C@H]2[C@H](O)[C@@H](O)[C@H](O[C@H]3CC[C@@]4(C)C(CC[C@]5(C)C4C=CC4=C6C[C@](C)(CCO)CCC6(CO)[C@H](O)C[C@]45C)[C@]3(C)CO)O[C@@H]2CO[C@@H]2O[C@H](CO)[C@@H](O)[C@H](O)[C@H]2O)[C@H](O)[C@H](O)[C@@H]1O. The number of aliphatic hydroxyl groups excluding tert-OH is 13. The van der Waals surface area contributed by atoms with Crippen LogP contribution in [0.2, 0.25) is 0 Å². The minimum atomic E-state index is -1.82. The van der Waals surface area contributed by atoms with Crippen LogP contribution in [0.4, 0.5) is 0 Å². The second kappa shape index (κ2) is 19.2. The van der Waals surface area contributed by atoms with Gasteiger partial charge >= 0.3 is 0 Å². The summed E-state index contributed by atoms with van der Waals surface area (Å²) in [6.07, 6.45) is -15.1. The summed E-state index contributed by atoms with van der Waals surface area (Å²) in [5, 5.41) is 141. The van der Waals surface area contributed by atoms with E-state index in [2.05, 4.69) is 39.8 Å². The van der Waals surface area contributed by atoms with E-state index in [1.165, 1.54) is 12.5 Å². The van der Waals surface area contributed by atoms with E-state index in [0.29, 0.717) is 44.9 Å². The first-order valence-corrected chi connectivity index (χ1v) is 24.8. The standard InChI is InChI=1S/C49H80O19/c1-23-32(55)34(57)38(61)42(64-23)68-40-27(20-63-41-37(60)35(58)33(56)26(19-51)65-41)66-43(39(62)36(40)59)67-31-10-11-45(3)28(46(31,4)21-52)9-12-47(5)29(45)8-7-24-25-17-44(2,15-16-50)13-14-49(25,22-53)30(54)18-48(24,47)6/h7-8,23,26-43,50-62H,9-22H2,1-6H3/t23-,26+,27+,28?,29?,30+,31-,32+,33+,34+,35-,36+,37+,38+,39+,40+,41+,42-,43-,44-,45-,46-,47+,48+,49?/m0/s1. The average Bonchev–Trinajstić information content (AvgIpc) is 3.30. The normalized spacial score (nSPS) is 55.0. The fourth-order valence-electron chi connectivity index (χ4n) is 14.8. The van der Waals surface area contributed by atoms with Crippen molar-refractivity contribution in [3.8, 4) is 0 Å². The monoisotopic (exact) mass is 973 g/mol. The molecule has 0 spiro atoms. The number of fused-ring (bicyclic) bond motifs is 6. The van der Waals surface area contributed by atoms with Crippen molar-refractivity contribution in [3.05, 3.63) is 23.3 Å². The molecule has 3 saturated heterocycles. The number of allylic oxidation sites excluding steroid dienone is 3. The Bertz CT molecular complexity index is 1850. The molecular formula is C49H80O19. The molecule has 0 bridgehead atoms. The van der Waals surface area contributed by atoms with Gasteiger partial charge in [-0.1, -0.05) is 52.3 Å². The Morgan fingerprint density at radius 2 is 1.31 bits per heavy atom. The van der Waals surface area contributed by atoms with Crippen molar-refractivity contribution < 1.29 is 94.8 Å². The molecule has 0 aromatic carbocycles. The maximum absolute atomic E-state index is 12.2. The van der Waals surface area contributed by atoms with Gasteiger partial charge in [-0.25, -0.2) is 0 Å². The molecule has 0 aromatic rings. The van der Waals surface area contributed by atoms with Gasteiger partial charge in [-0.15, -0.1) is 0 Å². The summed E-state index contributed by atoms with van der Waals surface area (Å²) in [5.41, 5.74) is -0.686. The van der Waals surface area contributed by atoms with Crippen LogP contribution < -0.4 is 0 Å². The van der Waals surface area contributed by atoms with E-state index in [1.807, 2.05) is 6.92 Å². The summed E-state index contributed by atoms with van der Waals surface area (Å²) in [6.45, 7) is 10.8. The molecule has 0 aromatic heterocycles. The van der Waals surface area contributed by atoms with Gasteiger partial charge in [0, 0.05) is 22.9 Å². The molecule has 8 rings (SSSR count). The molecule has 5 aliphatic carbocycles. The summed E-state index contributed by atoms with van der Waals surface area (Å²) in [5.74, 6) is -0.108. The summed E-state index contributed by atoms with van der Waals surface area (Å²) in [4.78, 5) is 0. The van der Waals surface area contributed by atoms with E-state index in [1.54, 1.807) is 0 Å². The highest BCUT2D eigenvalue weighted by Gasteiger charge is 2.69. The van der Waals surface area contributed by atoms with E-state index < -0.39 is 134 Å². The van der Waals surface area contributed by atoms with Crippen molar-refractivity contribution in [1.82, 2.24) is 0 Å². The molecule has 68 heavy (non-hydrogen) atoms. The van der Waals surface area contributed by atoms with E-state index in [9.17, 15) is 66.4 Å². The first-order valence-electron chi connectivity index (χ1n) is 24.8. The van der Waals surface area contributed by atoms with Crippen molar-refractivity contribution in [2.75, 3.05) is 33.0 Å². The molecule has 0 radical (unpaired) electrons. The van der Waals surface area contributed by atoms with Crippen molar-refractivity contribution in [2.45, 2.75) is 204 Å². The molecule has 3 aliphatic heterocycles. The van der Waals surface area contributed by atoms with E-state index >= 15 is 0 Å². The predicted molar refractivity (Wildman–Crippen MR) is 237 cm³/mol. The van der Waals surface area contributed by atoms with Gasteiger partial charge in [0.15, 0.2) is 18.9 Å². The fraction of sp³-hybridized carbons (Fsp3) is 0.918. The molecular weight excluding hydrogens is 893 g/mol. The summed E-state index contributed by atoms with van der Waals surface area (Å²) < 4.78 is 36.1. The van der Waals surface area contributed by atoms with Crippen LogP contribution in [-0.4, -0.2) is 204 Å². The van der Waals surface area contributed by atoms with Crippen LogP contribution in [0.1, 0.15) is 99.3 Å². The molecule has 19 nitrogen and oxygen atoms in total. The first-order chi connectivity index (χ1) is 31.9. The highest BCUT2D eigenvalue weighted by atomic mass is 16.8. The lowest BCUT2D eigenvalue weighted by Gasteiger charge is -2.70. The third kappa shape index (κ3) is 8.23. The van der Waals surface area contributed by atoms with Gasteiger partial charge in [0.2, 0.25) is 0 Å². The Morgan fingerprint density at radius 3 is 1.97 bits per heavy atom. The molecule has 6 fully saturated rings. The molecule has 3 unspecified atom stereocenters. The lowest BCUT2D eigenvalue weighted by atomic mass is 9.35. The zero-order valence-electron chi connectivity index (χ0n) is 40.3. The Labute approximate surface area is 398 Å². The predicted octanol–water partition coefficient (Wildman–Crippen LogP) is -1.13. The van der Waals surface area contributed by atoms with Crippen molar-refractivity contribution >= 4 is 0 Å². The molecule has 19 heteroatoms. The van der Waals surface area contributed by atoms with Crippen LogP contribution >= 0.6 is 0 Å². The number of hydrogen-bond donors (Lipinski definition) is 13. The second-order valence-electron chi connectivity index (χ2n) is 23.2. The highest BCUT2D eigenvalue weighted by Crippen LogP contribution is 2.74. The molecule has 0 amide bonds. The van der Waals surface area contributed by atoms with Gasteiger partial charge in [-0.05, 0) is 98.4 Å². The zero-order chi connectivity index (χ0) is 49.7. The van der Waals surface area contributed by atoms with Gasteiger partial charge in [-0.3, -0.25) is 0 Å². The van der Waals surface area contributed by atoms with Crippen molar-refractivity contribution in [3.63, 3.8) is 0 Å². The third-order valence-corrected chi connectivity index (χ3v) is 19.5. The Balaban J connectivity index is 1.06. The highest BCUT2D eigenvalue weighted by molar-refractivity contribution is 5.47. The molecule has 25 atom stereocenters. The molecule has 3 saturated carbocycles. The second-order valence-corrected chi connectivity index (χ2v) is 23.2. The minimum absolute atomic E-state index is 0.0103. The lowest BCUT2D eigenvalue weighted by molar-refractivity contribution is -0.374. The smallest absolute Gasteiger partial charge is 0.187 e. The lowest BCUT2D eigenvalue weighted by Crippen LogP contribution is -2.67. The fourth-order valence-corrected chi connectivity index (χ4v) is 14.8. The van der Waals surface area contributed by atoms with E-state index in [0.717, 1.165) is 18.4 Å². The van der Waals surface area contributed by atoms with Crippen LogP contribution in [0.15, 0.2) is 23.3 Å². The largest absolute Gasteiger partial charge is 0.396 e. The maximum atomic E-state index is 12.2. The average molecular weight is 973 g/mol. The minimum Gasteiger partial charge on any atom is -0.396 e. The van der Waals surface area contributed by atoms with Gasteiger partial charge < -0.3 is 94.8 Å².